The summed E-state index contributed by atoms with van der Waals surface area (Å²) in [4.78, 5) is 22.4. The van der Waals surface area contributed by atoms with E-state index in [9.17, 15) is 9.59 Å². The maximum Gasteiger partial charge on any atom is 0.333 e. The van der Waals surface area contributed by atoms with E-state index in [-0.39, 0.29) is 23.1 Å². The van der Waals surface area contributed by atoms with Crippen molar-refractivity contribution in [2.75, 3.05) is 27.4 Å². The molecule has 2 heterocycles. The van der Waals surface area contributed by atoms with Gasteiger partial charge in [-0.1, -0.05) is 12.2 Å². The van der Waals surface area contributed by atoms with E-state index < -0.39 is 0 Å². The first-order valence-electron chi connectivity index (χ1n) is 10.1. The first kappa shape index (κ1) is 21.1. The Morgan fingerprint density at radius 1 is 0.857 bits per heavy atom. The van der Waals surface area contributed by atoms with Crippen molar-refractivity contribution >= 4 is 11.9 Å². The van der Waals surface area contributed by atoms with Crippen molar-refractivity contribution in [3.8, 4) is 0 Å². The standard InChI is InChI=1S/2C11H16O3/c2*1-11(7-14-11)9-5-3-8(4-6-9)10(12)13-2/h2*3,9H,4-7H2,1-2H3. The zero-order valence-corrected chi connectivity index (χ0v) is 17.4. The Balaban J connectivity index is 0.000000161. The SMILES string of the molecule is COC(=O)C1=CCC(C2(C)CO2)CC1.COC(=O)C1=CCC(C2(C)CO2)CC1. The number of methoxy groups -OCH3 is 2. The molecule has 0 amide bonds. The molecule has 0 saturated carbocycles. The summed E-state index contributed by atoms with van der Waals surface area (Å²) >= 11 is 0. The van der Waals surface area contributed by atoms with Gasteiger partial charge in [0.1, 0.15) is 0 Å². The van der Waals surface area contributed by atoms with Gasteiger partial charge in [-0.3, -0.25) is 0 Å². The zero-order valence-electron chi connectivity index (χ0n) is 17.4. The Kier molecular flexibility index (Phi) is 6.30. The summed E-state index contributed by atoms with van der Waals surface area (Å²) in [5.41, 5.74) is 1.84. The summed E-state index contributed by atoms with van der Waals surface area (Å²) in [5.74, 6) is 0.808. The molecule has 0 radical (unpaired) electrons. The molecule has 2 aliphatic carbocycles. The van der Waals surface area contributed by atoms with Gasteiger partial charge in [0.05, 0.1) is 38.6 Å². The van der Waals surface area contributed by atoms with Crippen molar-refractivity contribution in [3.63, 3.8) is 0 Å². The van der Waals surface area contributed by atoms with Gasteiger partial charge in [-0.2, -0.15) is 0 Å². The minimum Gasteiger partial charge on any atom is -0.466 e. The van der Waals surface area contributed by atoms with Crippen LogP contribution in [0.2, 0.25) is 0 Å². The highest BCUT2D eigenvalue weighted by Crippen LogP contribution is 2.43. The minimum absolute atomic E-state index is 0.0954. The molecule has 4 rings (SSSR count). The largest absolute Gasteiger partial charge is 0.466 e. The van der Waals surface area contributed by atoms with Gasteiger partial charge in [-0.05, 0) is 64.2 Å². The van der Waals surface area contributed by atoms with Crippen LogP contribution in [0.4, 0.5) is 0 Å². The van der Waals surface area contributed by atoms with Gasteiger partial charge < -0.3 is 18.9 Å². The normalized spacial score (nSPS) is 36.1. The molecule has 156 valence electrons. The zero-order chi connectivity index (χ0) is 20.4. The molecule has 0 aromatic carbocycles. The van der Waals surface area contributed by atoms with Crippen LogP contribution < -0.4 is 0 Å². The fraction of sp³-hybridized carbons (Fsp3) is 0.727. The summed E-state index contributed by atoms with van der Waals surface area (Å²) in [6.45, 7) is 6.04. The van der Waals surface area contributed by atoms with Crippen molar-refractivity contribution < 1.29 is 28.5 Å². The second kappa shape index (κ2) is 8.37. The second-order valence-electron chi connectivity index (χ2n) is 8.59. The fourth-order valence-corrected chi connectivity index (χ4v) is 4.11. The Morgan fingerprint density at radius 3 is 1.43 bits per heavy atom. The van der Waals surface area contributed by atoms with Crippen LogP contribution in [0.3, 0.4) is 0 Å². The summed E-state index contributed by atoms with van der Waals surface area (Å²) in [6, 6.07) is 0. The highest BCUT2D eigenvalue weighted by atomic mass is 16.6. The van der Waals surface area contributed by atoms with E-state index in [4.69, 9.17) is 9.47 Å². The van der Waals surface area contributed by atoms with Crippen LogP contribution in [-0.2, 0) is 28.5 Å². The maximum absolute atomic E-state index is 11.2. The molecule has 4 atom stereocenters. The summed E-state index contributed by atoms with van der Waals surface area (Å²) < 4.78 is 20.2. The number of carbonyl (C=O) groups excluding carboxylic acids is 2. The van der Waals surface area contributed by atoms with Crippen LogP contribution in [0.1, 0.15) is 52.4 Å². The van der Waals surface area contributed by atoms with E-state index in [1.54, 1.807) is 0 Å². The molecule has 6 heteroatoms. The van der Waals surface area contributed by atoms with E-state index >= 15 is 0 Å². The monoisotopic (exact) mass is 392 g/mol. The predicted molar refractivity (Wildman–Crippen MR) is 104 cm³/mol. The third-order valence-corrected chi connectivity index (χ3v) is 6.64. The lowest BCUT2D eigenvalue weighted by molar-refractivity contribution is -0.137. The smallest absolute Gasteiger partial charge is 0.333 e. The van der Waals surface area contributed by atoms with Crippen LogP contribution in [0.25, 0.3) is 0 Å². The summed E-state index contributed by atoms with van der Waals surface area (Å²) in [6.07, 6.45) is 9.64. The lowest BCUT2D eigenvalue weighted by Crippen LogP contribution is -2.24. The van der Waals surface area contributed by atoms with Crippen LogP contribution >= 0.6 is 0 Å². The van der Waals surface area contributed by atoms with Crippen LogP contribution in [0.15, 0.2) is 23.3 Å². The number of carbonyl (C=O) groups is 2. The summed E-state index contributed by atoms with van der Waals surface area (Å²) in [5, 5.41) is 0. The van der Waals surface area contributed by atoms with Crippen molar-refractivity contribution in [2.45, 2.75) is 63.6 Å². The maximum atomic E-state index is 11.2. The number of ether oxygens (including phenoxy) is 4. The van der Waals surface area contributed by atoms with Crippen LogP contribution in [-0.4, -0.2) is 50.6 Å². The molecule has 2 fully saturated rings. The lowest BCUT2D eigenvalue weighted by atomic mass is 9.81. The van der Waals surface area contributed by atoms with E-state index in [0.717, 1.165) is 62.9 Å². The highest BCUT2D eigenvalue weighted by Gasteiger charge is 2.47. The first-order chi connectivity index (χ1) is 13.3. The molecule has 0 aromatic rings. The quantitative estimate of drug-likeness (QED) is 0.539. The summed E-state index contributed by atoms with van der Waals surface area (Å²) in [7, 11) is 2.86. The Hall–Kier alpha value is -1.66. The highest BCUT2D eigenvalue weighted by molar-refractivity contribution is 5.88. The molecule has 0 N–H and O–H groups in total. The van der Waals surface area contributed by atoms with E-state index in [1.807, 2.05) is 12.2 Å². The number of hydrogen-bond acceptors (Lipinski definition) is 6. The first-order valence-corrected chi connectivity index (χ1v) is 10.1. The minimum atomic E-state index is -0.176. The lowest BCUT2D eigenvalue weighted by Gasteiger charge is -2.23. The molecule has 2 saturated heterocycles. The molecular formula is C22H32O6. The molecule has 6 nitrogen and oxygen atoms in total. The average molecular weight is 392 g/mol. The number of hydrogen-bond donors (Lipinski definition) is 0. The van der Waals surface area contributed by atoms with E-state index in [0.29, 0.717) is 11.8 Å². The van der Waals surface area contributed by atoms with Crippen molar-refractivity contribution in [1.29, 1.82) is 0 Å². The van der Waals surface area contributed by atoms with E-state index in [1.165, 1.54) is 14.2 Å². The predicted octanol–water partition coefficient (Wildman–Crippen LogP) is 3.35. The van der Waals surface area contributed by atoms with Gasteiger partial charge in [0.25, 0.3) is 0 Å². The molecule has 0 aromatic heterocycles. The second-order valence-corrected chi connectivity index (χ2v) is 8.59. The van der Waals surface area contributed by atoms with E-state index in [2.05, 4.69) is 23.3 Å². The van der Waals surface area contributed by atoms with Crippen molar-refractivity contribution in [1.82, 2.24) is 0 Å². The van der Waals surface area contributed by atoms with Gasteiger partial charge in [0.2, 0.25) is 0 Å². The van der Waals surface area contributed by atoms with Gasteiger partial charge in [0.15, 0.2) is 0 Å². The average Bonchev–Trinajstić information content (AvgIpc) is 3.66. The molecule has 0 bridgehead atoms. The Bertz CT molecular complexity index is 611. The number of rotatable bonds is 4. The Morgan fingerprint density at radius 2 is 1.21 bits per heavy atom. The molecule has 2 aliphatic heterocycles. The Labute approximate surface area is 167 Å². The number of esters is 2. The van der Waals surface area contributed by atoms with Gasteiger partial charge in [-0.25, -0.2) is 9.59 Å². The molecule has 0 spiro atoms. The molecular weight excluding hydrogens is 360 g/mol. The molecule has 4 aliphatic rings. The van der Waals surface area contributed by atoms with Crippen molar-refractivity contribution in [2.24, 2.45) is 11.8 Å². The molecule has 4 unspecified atom stereocenters. The topological polar surface area (TPSA) is 77.7 Å². The third kappa shape index (κ3) is 4.84. The number of allylic oxidation sites excluding steroid dienone is 2. The van der Waals surface area contributed by atoms with Gasteiger partial charge in [0, 0.05) is 11.1 Å². The fourth-order valence-electron chi connectivity index (χ4n) is 4.11. The van der Waals surface area contributed by atoms with Crippen LogP contribution in [0.5, 0.6) is 0 Å². The van der Waals surface area contributed by atoms with Gasteiger partial charge in [-0.15, -0.1) is 0 Å². The number of epoxide rings is 2. The molecule has 28 heavy (non-hydrogen) atoms. The van der Waals surface area contributed by atoms with Gasteiger partial charge >= 0.3 is 11.9 Å². The third-order valence-electron chi connectivity index (χ3n) is 6.64. The van der Waals surface area contributed by atoms with Crippen molar-refractivity contribution in [3.05, 3.63) is 23.3 Å². The van der Waals surface area contributed by atoms with Crippen LogP contribution in [0, 0.1) is 11.8 Å².